The number of nitro benzene ring substituents is 1. The summed E-state index contributed by atoms with van der Waals surface area (Å²) in [6, 6.07) is 3.96. The molecule has 0 unspecified atom stereocenters. The number of hydrogen-bond donors (Lipinski definition) is 2. The highest BCUT2D eigenvalue weighted by Gasteiger charge is 2.24. The van der Waals surface area contributed by atoms with Crippen molar-refractivity contribution in [3.8, 4) is 0 Å². The molecule has 2 N–H and O–H groups in total. The van der Waals surface area contributed by atoms with Crippen LogP contribution in [0.2, 0.25) is 0 Å². The molecule has 0 saturated heterocycles. The van der Waals surface area contributed by atoms with Crippen LogP contribution in [0, 0.1) is 10.1 Å². The fourth-order valence-corrected chi connectivity index (χ4v) is 3.41. The molecule has 0 aliphatic heterocycles. The summed E-state index contributed by atoms with van der Waals surface area (Å²) in [7, 11) is 0. The fraction of sp³-hybridized carbons (Fsp3) is 0.231. The molecule has 1 aromatic carbocycles. The number of anilines is 2. The maximum atomic E-state index is 11.2. The minimum atomic E-state index is -1.22. The molecule has 0 amide bonds. The molecule has 0 saturated carbocycles. The average Bonchev–Trinajstić information content (AvgIpc) is 2.99. The van der Waals surface area contributed by atoms with Gasteiger partial charge in [-0.1, -0.05) is 6.07 Å². The minimum Gasteiger partial charge on any atom is -0.478 e. The van der Waals surface area contributed by atoms with E-state index in [1.54, 1.807) is 0 Å². The van der Waals surface area contributed by atoms with Gasteiger partial charge in [0, 0.05) is 10.9 Å². The van der Waals surface area contributed by atoms with E-state index in [-0.39, 0.29) is 16.9 Å². The van der Waals surface area contributed by atoms with Crippen molar-refractivity contribution in [2.24, 2.45) is 0 Å². The van der Waals surface area contributed by atoms with E-state index >= 15 is 0 Å². The zero-order chi connectivity index (χ0) is 15.0. The fourth-order valence-electron chi connectivity index (χ4n) is 2.35. The van der Waals surface area contributed by atoms with Gasteiger partial charge >= 0.3 is 5.97 Å². The summed E-state index contributed by atoms with van der Waals surface area (Å²) in [4.78, 5) is 27.3. The molecule has 0 radical (unpaired) electrons. The zero-order valence-electron chi connectivity index (χ0n) is 10.8. The molecule has 0 bridgehead atoms. The first-order valence-electron chi connectivity index (χ1n) is 6.32. The Kier molecular flexibility index (Phi) is 3.30. The lowest BCUT2D eigenvalue weighted by atomic mass is 10.1. The Bertz CT molecular complexity index is 687. The summed E-state index contributed by atoms with van der Waals surface area (Å²) >= 11 is 1.42. The Morgan fingerprint density at radius 3 is 2.90 bits per heavy atom. The Balaban J connectivity index is 2.03. The molecular weight excluding hydrogens is 294 g/mol. The molecule has 0 atom stereocenters. The van der Waals surface area contributed by atoms with Crippen molar-refractivity contribution in [3.63, 3.8) is 0 Å². The highest BCUT2D eigenvalue weighted by Crippen LogP contribution is 2.36. The van der Waals surface area contributed by atoms with E-state index in [0.717, 1.165) is 29.8 Å². The molecule has 1 aliphatic carbocycles. The highest BCUT2D eigenvalue weighted by atomic mass is 32.1. The molecule has 0 spiro atoms. The van der Waals surface area contributed by atoms with Gasteiger partial charge in [-0.25, -0.2) is 9.78 Å². The molecular formula is C13H11N3O4S. The highest BCUT2D eigenvalue weighted by molar-refractivity contribution is 7.15. The Morgan fingerprint density at radius 2 is 2.24 bits per heavy atom. The lowest BCUT2D eigenvalue weighted by molar-refractivity contribution is -0.383. The summed E-state index contributed by atoms with van der Waals surface area (Å²) in [6.45, 7) is 0. The Morgan fingerprint density at radius 1 is 1.43 bits per heavy atom. The standard InChI is InChI=1S/C13H11N3O4S/c17-12(18)7-3-1-5-9(16(19)20)11(7)15-13-14-8-4-2-6-10(8)21-13/h1,3,5H,2,4,6H2,(H,14,15)(H,17,18). The van der Waals surface area contributed by atoms with Gasteiger partial charge in [0.1, 0.15) is 5.69 Å². The van der Waals surface area contributed by atoms with Crippen LogP contribution < -0.4 is 5.32 Å². The summed E-state index contributed by atoms with van der Waals surface area (Å²) in [5.74, 6) is -1.22. The van der Waals surface area contributed by atoms with Gasteiger partial charge in [0.15, 0.2) is 5.13 Å². The van der Waals surface area contributed by atoms with Crippen molar-refractivity contribution < 1.29 is 14.8 Å². The van der Waals surface area contributed by atoms with Gasteiger partial charge in [0.25, 0.3) is 5.69 Å². The minimum absolute atomic E-state index is 0.0255. The number of aromatic carboxylic acids is 1. The third-order valence-electron chi connectivity index (χ3n) is 3.30. The lowest BCUT2D eigenvalue weighted by Crippen LogP contribution is -2.05. The van der Waals surface area contributed by atoms with Crippen molar-refractivity contribution >= 4 is 33.8 Å². The number of carbonyl (C=O) groups is 1. The number of thiazole rings is 1. The SMILES string of the molecule is O=C(O)c1cccc([N+](=O)[O-])c1Nc1nc2c(s1)CCC2. The smallest absolute Gasteiger partial charge is 0.338 e. The number of aromatic nitrogens is 1. The van der Waals surface area contributed by atoms with Gasteiger partial charge in [-0.15, -0.1) is 11.3 Å². The van der Waals surface area contributed by atoms with Gasteiger partial charge in [-0.2, -0.15) is 0 Å². The number of para-hydroxylation sites is 1. The Labute approximate surface area is 123 Å². The van der Waals surface area contributed by atoms with Crippen LogP contribution in [0.25, 0.3) is 0 Å². The van der Waals surface area contributed by atoms with E-state index in [9.17, 15) is 20.0 Å². The Hall–Kier alpha value is -2.48. The van der Waals surface area contributed by atoms with E-state index in [0.29, 0.717) is 5.13 Å². The van der Waals surface area contributed by atoms with Crippen LogP contribution in [0.15, 0.2) is 18.2 Å². The molecule has 108 valence electrons. The number of fused-ring (bicyclic) bond motifs is 1. The molecule has 7 nitrogen and oxygen atoms in total. The van der Waals surface area contributed by atoms with Crippen molar-refractivity contribution in [2.75, 3.05) is 5.32 Å². The van der Waals surface area contributed by atoms with Crippen molar-refractivity contribution in [3.05, 3.63) is 44.4 Å². The molecule has 1 heterocycles. The third kappa shape index (κ3) is 2.45. The van der Waals surface area contributed by atoms with Crippen molar-refractivity contribution in [2.45, 2.75) is 19.3 Å². The van der Waals surface area contributed by atoms with E-state index < -0.39 is 10.9 Å². The maximum Gasteiger partial charge on any atom is 0.338 e. The first-order chi connectivity index (χ1) is 10.1. The van der Waals surface area contributed by atoms with Crippen LogP contribution in [0.1, 0.15) is 27.3 Å². The quantitative estimate of drug-likeness (QED) is 0.664. The van der Waals surface area contributed by atoms with E-state index in [2.05, 4.69) is 10.3 Å². The number of benzene rings is 1. The van der Waals surface area contributed by atoms with Crippen LogP contribution in [-0.2, 0) is 12.8 Å². The largest absolute Gasteiger partial charge is 0.478 e. The monoisotopic (exact) mass is 305 g/mol. The van der Waals surface area contributed by atoms with Crippen LogP contribution in [-0.4, -0.2) is 21.0 Å². The molecule has 1 aliphatic rings. The number of nitrogens with one attached hydrogen (secondary N) is 1. The predicted octanol–water partition coefficient (Wildman–Crippen LogP) is 2.98. The zero-order valence-corrected chi connectivity index (χ0v) is 11.6. The molecule has 0 fully saturated rings. The molecule has 2 aromatic rings. The van der Waals surface area contributed by atoms with Crippen LogP contribution in [0.3, 0.4) is 0 Å². The molecule has 21 heavy (non-hydrogen) atoms. The van der Waals surface area contributed by atoms with Crippen molar-refractivity contribution in [1.82, 2.24) is 4.98 Å². The van der Waals surface area contributed by atoms with Gasteiger partial charge in [0.2, 0.25) is 0 Å². The normalized spacial score (nSPS) is 13.0. The van der Waals surface area contributed by atoms with E-state index in [1.165, 1.54) is 29.5 Å². The first-order valence-corrected chi connectivity index (χ1v) is 7.14. The van der Waals surface area contributed by atoms with Crippen LogP contribution in [0.5, 0.6) is 0 Å². The second kappa shape index (κ2) is 5.13. The molecule has 1 aromatic heterocycles. The summed E-state index contributed by atoms with van der Waals surface area (Å²) in [5, 5.41) is 23.6. The maximum absolute atomic E-state index is 11.2. The topological polar surface area (TPSA) is 105 Å². The molecule has 8 heteroatoms. The van der Waals surface area contributed by atoms with E-state index in [4.69, 9.17) is 0 Å². The number of carboxylic acid groups (broad SMARTS) is 1. The lowest BCUT2D eigenvalue weighted by Gasteiger charge is -2.07. The number of hydrogen-bond acceptors (Lipinski definition) is 6. The van der Waals surface area contributed by atoms with Gasteiger partial charge in [0.05, 0.1) is 16.2 Å². The summed E-state index contributed by atoms with van der Waals surface area (Å²) in [6.07, 6.45) is 2.92. The van der Waals surface area contributed by atoms with Crippen LogP contribution in [0.4, 0.5) is 16.5 Å². The van der Waals surface area contributed by atoms with Gasteiger partial charge in [-0.3, -0.25) is 10.1 Å². The second-order valence-corrected chi connectivity index (χ2v) is 5.71. The number of nitro groups is 1. The predicted molar refractivity (Wildman–Crippen MR) is 77.5 cm³/mol. The van der Waals surface area contributed by atoms with Crippen LogP contribution >= 0.6 is 11.3 Å². The second-order valence-electron chi connectivity index (χ2n) is 4.63. The van der Waals surface area contributed by atoms with E-state index in [1.807, 2.05) is 0 Å². The summed E-state index contributed by atoms with van der Waals surface area (Å²) < 4.78 is 0. The number of carboxylic acids is 1. The third-order valence-corrected chi connectivity index (χ3v) is 4.37. The summed E-state index contributed by atoms with van der Waals surface area (Å²) in [5.41, 5.74) is 0.560. The number of rotatable bonds is 4. The molecule has 3 rings (SSSR count). The number of aryl methyl sites for hydroxylation is 2. The van der Waals surface area contributed by atoms with Gasteiger partial charge < -0.3 is 10.4 Å². The first kappa shape index (κ1) is 13.5. The van der Waals surface area contributed by atoms with Crippen molar-refractivity contribution in [1.29, 1.82) is 0 Å². The van der Waals surface area contributed by atoms with Gasteiger partial charge in [-0.05, 0) is 25.3 Å². The average molecular weight is 305 g/mol. The number of nitrogens with zero attached hydrogens (tertiary/aromatic N) is 2.